The van der Waals surface area contributed by atoms with Gasteiger partial charge in [0.1, 0.15) is 12.4 Å². The van der Waals surface area contributed by atoms with Gasteiger partial charge in [-0.3, -0.25) is 0 Å². The zero-order valence-corrected chi connectivity index (χ0v) is 9.43. The predicted molar refractivity (Wildman–Crippen MR) is 64.1 cm³/mol. The molecule has 0 saturated carbocycles. The van der Waals surface area contributed by atoms with Gasteiger partial charge in [0, 0.05) is 11.8 Å². The van der Waals surface area contributed by atoms with Crippen molar-refractivity contribution in [1.29, 1.82) is 5.26 Å². The number of hydrogen-bond acceptors (Lipinski definition) is 4. The molecule has 18 heavy (non-hydrogen) atoms. The van der Waals surface area contributed by atoms with E-state index in [9.17, 15) is 4.39 Å². The lowest BCUT2D eigenvalue weighted by molar-refractivity contribution is 0.290. The molecular formula is C13H10FN3O. The van der Waals surface area contributed by atoms with E-state index in [1.165, 1.54) is 12.1 Å². The molecule has 2 N–H and O–H groups in total. The van der Waals surface area contributed by atoms with Crippen LogP contribution in [0.25, 0.3) is 0 Å². The van der Waals surface area contributed by atoms with E-state index in [0.29, 0.717) is 11.4 Å². The summed E-state index contributed by atoms with van der Waals surface area (Å²) in [5.74, 6) is -0.139. The number of aromatic nitrogens is 1. The Morgan fingerprint density at radius 3 is 2.89 bits per heavy atom. The van der Waals surface area contributed by atoms with Crippen LogP contribution in [-0.4, -0.2) is 4.98 Å². The first kappa shape index (κ1) is 11.9. The standard InChI is InChI=1S/C13H10FN3O/c14-11-6-9(7-15)3-4-12(11)18-8-10-2-1-5-17-13(10)16/h1-6H,8H2,(H2,16,17). The summed E-state index contributed by atoms with van der Waals surface area (Å²) in [4.78, 5) is 3.90. The monoisotopic (exact) mass is 243 g/mol. The first-order valence-electron chi connectivity index (χ1n) is 5.22. The number of nitrogens with zero attached hydrogens (tertiary/aromatic N) is 2. The van der Waals surface area contributed by atoms with Crippen LogP contribution in [0, 0.1) is 17.1 Å². The quantitative estimate of drug-likeness (QED) is 0.897. The van der Waals surface area contributed by atoms with Crippen LogP contribution in [0.1, 0.15) is 11.1 Å². The number of nitrogens with two attached hydrogens (primary N) is 1. The lowest BCUT2D eigenvalue weighted by Gasteiger charge is -2.08. The molecule has 2 rings (SSSR count). The van der Waals surface area contributed by atoms with Gasteiger partial charge in [0.05, 0.1) is 11.6 Å². The third-order valence-electron chi connectivity index (χ3n) is 2.37. The van der Waals surface area contributed by atoms with E-state index < -0.39 is 5.82 Å². The molecule has 1 aromatic carbocycles. The molecule has 1 heterocycles. The molecule has 0 unspecified atom stereocenters. The Hall–Kier alpha value is -2.61. The van der Waals surface area contributed by atoms with Crippen LogP contribution in [0.3, 0.4) is 0 Å². The zero-order valence-electron chi connectivity index (χ0n) is 9.43. The van der Waals surface area contributed by atoms with E-state index in [1.807, 2.05) is 6.07 Å². The summed E-state index contributed by atoms with van der Waals surface area (Å²) in [5, 5.41) is 8.61. The molecule has 90 valence electrons. The number of anilines is 1. The summed E-state index contributed by atoms with van der Waals surface area (Å²) in [5.41, 5.74) is 6.57. The van der Waals surface area contributed by atoms with Crippen molar-refractivity contribution < 1.29 is 9.13 Å². The van der Waals surface area contributed by atoms with Crippen LogP contribution in [-0.2, 0) is 6.61 Å². The van der Waals surface area contributed by atoms with Gasteiger partial charge in [-0.15, -0.1) is 0 Å². The number of hydrogen-bond donors (Lipinski definition) is 1. The van der Waals surface area contributed by atoms with Crippen LogP contribution in [0.2, 0.25) is 0 Å². The second-order valence-electron chi connectivity index (χ2n) is 3.59. The summed E-state index contributed by atoms with van der Waals surface area (Å²) in [6, 6.07) is 9.37. The third-order valence-corrected chi connectivity index (χ3v) is 2.37. The molecule has 2 aromatic rings. The number of benzene rings is 1. The van der Waals surface area contributed by atoms with Crippen molar-refractivity contribution >= 4 is 5.82 Å². The number of rotatable bonds is 3. The molecular weight excluding hydrogens is 233 g/mol. The van der Waals surface area contributed by atoms with Gasteiger partial charge in [-0.2, -0.15) is 5.26 Å². The van der Waals surface area contributed by atoms with E-state index in [-0.39, 0.29) is 17.9 Å². The molecule has 1 aromatic heterocycles. The molecule has 0 fully saturated rings. The number of nitriles is 1. The number of halogens is 1. The van der Waals surface area contributed by atoms with E-state index in [4.69, 9.17) is 15.7 Å². The molecule has 0 aliphatic rings. The second-order valence-corrected chi connectivity index (χ2v) is 3.59. The van der Waals surface area contributed by atoms with E-state index in [2.05, 4.69) is 4.98 Å². The first-order chi connectivity index (χ1) is 8.70. The van der Waals surface area contributed by atoms with Crippen molar-refractivity contribution in [3.8, 4) is 11.8 Å². The minimum atomic E-state index is -0.573. The van der Waals surface area contributed by atoms with Crippen molar-refractivity contribution in [1.82, 2.24) is 4.98 Å². The minimum absolute atomic E-state index is 0.0808. The average molecular weight is 243 g/mol. The van der Waals surface area contributed by atoms with Gasteiger partial charge in [-0.25, -0.2) is 9.37 Å². The lowest BCUT2D eigenvalue weighted by Crippen LogP contribution is -2.02. The molecule has 0 saturated heterocycles. The molecule has 0 spiro atoms. The second kappa shape index (κ2) is 5.15. The zero-order chi connectivity index (χ0) is 13.0. The largest absolute Gasteiger partial charge is 0.486 e. The summed E-state index contributed by atoms with van der Waals surface area (Å²) in [6.07, 6.45) is 1.57. The Kier molecular flexibility index (Phi) is 3.39. The van der Waals surface area contributed by atoms with Crippen LogP contribution < -0.4 is 10.5 Å². The number of ether oxygens (including phenoxy) is 1. The summed E-state index contributed by atoms with van der Waals surface area (Å²) < 4.78 is 18.8. The highest BCUT2D eigenvalue weighted by molar-refractivity contribution is 5.39. The Morgan fingerprint density at radius 1 is 1.39 bits per heavy atom. The Morgan fingerprint density at radius 2 is 2.22 bits per heavy atom. The van der Waals surface area contributed by atoms with Gasteiger partial charge in [0.2, 0.25) is 0 Å². The molecule has 5 heteroatoms. The Bertz CT molecular complexity index is 607. The Labute approximate surface area is 103 Å². The van der Waals surface area contributed by atoms with Gasteiger partial charge in [0.25, 0.3) is 0 Å². The van der Waals surface area contributed by atoms with Crippen LogP contribution in [0.5, 0.6) is 5.75 Å². The van der Waals surface area contributed by atoms with Crippen LogP contribution in [0.15, 0.2) is 36.5 Å². The smallest absolute Gasteiger partial charge is 0.166 e. The Balaban J connectivity index is 2.12. The third kappa shape index (κ3) is 2.55. The highest BCUT2D eigenvalue weighted by Gasteiger charge is 2.06. The molecule has 0 aliphatic carbocycles. The minimum Gasteiger partial charge on any atom is -0.486 e. The van der Waals surface area contributed by atoms with E-state index >= 15 is 0 Å². The van der Waals surface area contributed by atoms with Crippen molar-refractivity contribution in [2.45, 2.75) is 6.61 Å². The first-order valence-corrected chi connectivity index (χ1v) is 5.22. The van der Waals surface area contributed by atoms with E-state index in [1.54, 1.807) is 18.3 Å². The predicted octanol–water partition coefficient (Wildman–Crippen LogP) is 2.25. The van der Waals surface area contributed by atoms with Gasteiger partial charge < -0.3 is 10.5 Å². The van der Waals surface area contributed by atoms with Crippen molar-refractivity contribution in [2.24, 2.45) is 0 Å². The van der Waals surface area contributed by atoms with Crippen molar-refractivity contribution in [3.63, 3.8) is 0 Å². The number of pyridine rings is 1. The highest BCUT2D eigenvalue weighted by atomic mass is 19.1. The fraction of sp³-hybridized carbons (Fsp3) is 0.0769. The summed E-state index contributed by atoms with van der Waals surface area (Å²) in [6.45, 7) is 0.127. The lowest BCUT2D eigenvalue weighted by atomic mass is 10.2. The maximum absolute atomic E-state index is 13.5. The fourth-order valence-electron chi connectivity index (χ4n) is 1.42. The maximum Gasteiger partial charge on any atom is 0.166 e. The summed E-state index contributed by atoms with van der Waals surface area (Å²) in [7, 11) is 0. The molecule has 0 aliphatic heterocycles. The highest BCUT2D eigenvalue weighted by Crippen LogP contribution is 2.20. The van der Waals surface area contributed by atoms with Crippen LogP contribution >= 0.6 is 0 Å². The van der Waals surface area contributed by atoms with Gasteiger partial charge in [0.15, 0.2) is 11.6 Å². The average Bonchev–Trinajstić information content (AvgIpc) is 2.39. The number of nitrogen functional groups attached to an aromatic ring is 1. The maximum atomic E-state index is 13.5. The molecule has 0 radical (unpaired) electrons. The van der Waals surface area contributed by atoms with Crippen molar-refractivity contribution in [3.05, 3.63) is 53.5 Å². The molecule has 0 bridgehead atoms. The summed E-state index contributed by atoms with van der Waals surface area (Å²) >= 11 is 0. The normalized spacial score (nSPS) is 9.78. The SMILES string of the molecule is N#Cc1ccc(OCc2cccnc2N)c(F)c1. The van der Waals surface area contributed by atoms with Gasteiger partial charge in [-0.1, -0.05) is 6.07 Å². The fourth-order valence-corrected chi connectivity index (χ4v) is 1.42. The van der Waals surface area contributed by atoms with E-state index in [0.717, 1.165) is 6.07 Å². The van der Waals surface area contributed by atoms with Gasteiger partial charge in [-0.05, 0) is 24.3 Å². The van der Waals surface area contributed by atoms with Crippen molar-refractivity contribution in [2.75, 3.05) is 5.73 Å². The molecule has 4 nitrogen and oxygen atoms in total. The van der Waals surface area contributed by atoms with Crippen LogP contribution in [0.4, 0.5) is 10.2 Å². The molecule has 0 amide bonds. The molecule has 0 atom stereocenters. The topological polar surface area (TPSA) is 71.9 Å². The van der Waals surface area contributed by atoms with Gasteiger partial charge >= 0.3 is 0 Å².